The van der Waals surface area contributed by atoms with Crippen molar-refractivity contribution in [3.05, 3.63) is 39.9 Å². The minimum Gasteiger partial charge on any atom is -0.446 e. The van der Waals surface area contributed by atoms with Gasteiger partial charge in [0.25, 0.3) is 11.6 Å². The van der Waals surface area contributed by atoms with Crippen LogP contribution in [-0.4, -0.2) is 34.8 Å². The average molecular weight is 474 g/mol. The maximum atomic E-state index is 13.2. The fraction of sp³-hybridized carbons (Fsp3) is 0.640. The van der Waals surface area contributed by atoms with Crippen LogP contribution in [0.4, 0.5) is 5.69 Å². The van der Waals surface area contributed by atoms with Crippen LogP contribution in [0, 0.1) is 15.5 Å². The second kappa shape index (κ2) is 11.4. The molecule has 1 unspecified atom stereocenters. The van der Waals surface area contributed by atoms with Gasteiger partial charge in [0, 0.05) is 29.8 Å². The molecule has 1 aromatic carbocycles. The van der Waals surface area contributed by atoms with Crippen LogP contribution in [0.2, 0.25) is 0 Å². The van der Waals surface area contributed by atoms with E-state index in [0.717, 1.165) is 64.2 Å². The molecule has 0 radical (unpaired) electrons. The van der Waals surface area contributed by atoms with Gasteiger partial charge in [0.2, 0.25) is 12.0 Å². The number of nitrogens with zero attached hydrogens (tertiary/aromatic N) is 1. The number of hydrogen-bond donors (Lipinski definition) is 2. The molecule has 1 aromatic rings. The highest BCUT2D eigenvalue weighted by atomic mass is 16.6. The van der Waals surface area contributed by atoms with Crippen LogP contribution in [0.1, 0.15) is 89.7 Å². The highest BCUT2D eigenvalue weighted by molar-refractivity contribution is 6.02. The number of amides is 2. The van der Waals surface area contributed by atoms with Gasteiger partial charge in [0.15, 0.2) is 0 Å². The molecule has 2 aliphatic rings. The first kappa shape index (κ1) is 25.6. The lowest BCUT2D eigenvalue weighted by Crippen LogP contribution is -2.49. The molecule has 1 atom stereocenters. The lowest BCUT2D eigenvalue weighted by molar-refractivity contribution is -0.384. The normalized spacial score (nSPS) is 18.5. The number of rotatable bonds is 8. The van der Waals surface area contributed by atoms with E-state index in [1.54, 1.807) is 0 Å². The van der Waals surface area contributed by atoms with E-state index in [9.17, 15) is 24.5 Å². The predicted octanol–water partition coefficient (Wildman–Crippen LogP) is 4.10. The van der Waals surface area contributed by atoms with Crippen molar-refractivity contribution in [3.63, 3.8) is 0 Å². The van der Waals surface area contributed by atoms with E-state index < -0.39 is 34.2 Å². The molecule has 0 saturated heterocycles. The summed E-state index contributed by atoms with van der Waals surface area (Å²) < 4.78 is 5.63. The summed E-state index contributed by atoms with van der Waals surface area (Å²) >= 11 is 0. The lowest BCUT2D eigenvalue weighted by atomic mass is 9.89. The van der Waals surface area contributed by atoms with Gasteiger partial charge in [-0.2, -0.15) is 0 Å². The molecule has 186 valence electrons. The maximum Gasteiger partial charge on any atom is 0.322 e. The zero-order valence-electron chi connectivity index (χ0n) is 20.0. The molecule has 2 N–H and O–H groups in total. The number of carbonyl (C=O) groups excluding carboxylic acids is 3. The number of nitrogens with one attached hydrogen (secondary N) is 2. The highest BCUT2D eigenvalue weighted by Gasteiger charge is 2.41. The molecular formula is C25H35N3O6. The molecule has 9 nitrogen and oxygen atoms in total. The zero-order chi connectivity index (χ0) is 24.7. The lowest BCUT2D eigenvalue weighted by Gasteiger charge is -2.30. The van der Waals surface area contributed by atoms with E-state index in [0.29, 0.717) is 5.56 Å². The second-order valence-electron chi connectivity index (χ2n) is 9.91. The van der Waals surface area contributed by atoms with Gasteiger partial charge in [-0.05, 0) is 51.7 Å². The van der Waals surface area contributed by atoms with Crippen LogP contribution >= 0.6 is 0 Å². The van der Waals surface area contributed by atoms with Crippen molar-refractivity contribution in [1.29, 1.82) is 0 Å². The molecule has 9 heteroatoms. The second-order valence-corrected chi connectivity index (χ2v) is 9.91. The first-order valence-electron chi connectivity index (χ1n) is 12.3. The van der Waals surface area contributed by atoms with E-state index in [1.807, 2.05) is 0 Å². The highest BCUT2D eigenvalue weighted by Crippen LogP contribution is 2.28. The van der Waals surface area contributed by atoms with Crippen LogP contribution in [0.5, 0.6) is 0 Å². The minimum absolute atomic E-state index is 0.0110. The van der Waals surface area contributed by atoms with Crippen molar-refractivity contribution in [2.75, 3.05) is 0 Å². The topological polar surface area (TPSA) is 128 Å². The van der Waals surface area contributed by atoms with E-state index in [-0.39, 0.29) is 17.8 Å². The standard InChI is InChI=1S/C25H35N3O6/c1-25(2,23(30)27-19-11-7-4-8-12-19)24(31)34-21(17-13-15-20(16-14-17)28(32)33)22(29)26-18-9-5-3-6-10-18/h13-16,18-19,21H,3-12H2,1-2H3,(H,26,29)(H,27,30). The Bertz CT molecular complexity index is 886. The summed E-state index contributed by atoms with van der Waals surface area (Å²) in [4.78, 5) is 49.7. The zero-order valence-corrected chi connectivity index (χ0v) is 20.0. The summed E-state index contributed by atoms with van der Waals surface area (Å²) in [5, 5.41) is 16.9. The maximum absolute atomic E-state index is 13.2. The largest absolute Gasteiger partial charge is 0.446 e. The fourth-order valence-electron chi connectivity index (χ4n) is 4.53. The molecule has 3 rings (SSSR count). The number of nitro benzene ring substituents is 1. The summed E-state index contributed by atoms with van der Waals surface area (Å²) in [6.07, 6.45) is 8.53. The summed E-state index contributed by atoms with van der Waals surface area (Å²) in [7, 11) is 0. The van der Waals surface area contributed by atoms with Crippen LogP contribution in [-0.2, 0) is 19.1 Å². The van der Waals surface area contributed by atoms with Gasteiger partial charge in [0.05, 0.1) is 4.92 Å². The molecular weight excluding hydrogens is 438 g/mol. The monoisotopic (exact) mass is 473 g/mol. The summed E-state index contributed by atoms with van der Waals surface area (Å²) in [6, 6.07) is 5.38. The van der Waals surface area contributed by atoms with E-state index in [2.05, 4.69) is 10.6 Å². The number of nitro groups is 1. The van der Waals surface area contributed by atoms with Crippen molar-refractivity contribution in [1.82, 2.24) is 10.6 Å². The Morgan fingerprint density at radius 3 is 1.91 bits per heavy atom. The van der Waals surface area contributed by atoms with E-state index >= 15 is 0 Å². The Kier molecular flexibility index (Phi) is 8.63. The van der Waals surface area contributed by atoms with E-state index in [1.165, 1.54) is 38.1 Å². The van der Waals surface area contributed by atoms with Crippen LogP contribution < -0.4 is 10.6 Å². The van der Waals surface area contributed by atoms with Gasteiger partial charge in [-0.1, -0.05) is 38.5 Å². The van der Waals surface area contributed by atoms with Crippen LogP contribution in [0.15, 0.2) is 24.3 Å². The van der Waals surface area contributed by atoms with Crippen molar-refractivity contribution in [2.24, 2.45) is 5.41 Å². The number of hydrogen-bond acceptors (Lipinski definition) is 6. The third kappa shape index (κ3) is 6.55. The number of ether oxygens (including phenoxy) is 1. The van der Waals surface area contributed by atoms with Crippen molar-refractivity contribution >= 4 is 23.5 Å². The van der Waals surface area contributed by atoms with Crippen molar-refractivity contribution < 1.29 is 24.0 Å². The first-order valence-corrected chi connectivity index (χ1v) is 12.3. The molecule has 0 heterocycles. The summed E-state index contributed by atoms with van der Waals surface area (Å²) in [5.41, 5.74) is -1.31. The fourth-order valence-corrected chi connectivity index (χ4v) is 4.53. The molecule has 2 aliphatic carbocycles. The SMILES string of the molecule is CC(C)(C(=O)NC1CCCCC1)C(=O)OC(C(=O)NC1CCCCC1)c1ccc([N+](=O)[O-])cc1. The molecule has 0 aromatic heterocycles. The van der Waals surface area contributed by atoms with Crippen molar-refractivity contribution in [3.8, 4) is 0 Å². The molecule has 34 heavy (non-hydrogen) atoms. The number of non-ortho nitro benzene ring substituents is 1. The Morgan fingerprint density at radius 1 is 0.912 bits per heavy atom. The minimum atomic E-state index is -1.50. The molecule has 2 saturated carbocycles. The van der Waals surface area contributed by atoms with Crippen LogP contribution in [0.25, 0.3) is 0 Å². The number of benzene rings is 1. The molecule has 2 amide bonds. The Balaban J connectivity index is 1.75. The molecule has 2 fully saturated rings. The Hall–Kier alpha value is -2.97. The molecule has 0 spiro atoms. The molecule has 0 bridgehead atoms. The average Bonchev–Trinajstić information content (AvgIpc) is 2.83. The van der Waals surface area contributed by atoms with E-state index in [4.69, 9.17) is 4.74 Å². The Morgan fingerprint density at radius 2 is 1.41 bits per heavy atom. The van der Waals surface area contributed by atoms with Gasteiger partial charge in [0.1, 0.15) is 5.41 Å². The van der Waals surface area contributed by atoms with Gasteiger partial charge in [-0.25, -0.2) is 0 Å². The summed E-state index contributed by atoms with van der Waals surface area (Å²) in [5.74, 6) is -1.74. The number of carbonyl (C=O) groups is 3. The number of esters is 1. The van der Waals surface area contributed by atoms with Gasteiger partial charge in [-0.3, -0.25) is 24.5 Å². The predicted molar refractivity (Wildman–Crippen MR) is 126 cm³/mol. The quantitative estimate of drug-likeness (QED) is 0.253. The smallest absolute Gasteiger partial charge is 0.322 e. The van der Waals surface area contributed by atoms with Gasteiger partial charge < -0.3 is 15.4 Å². The summed E-state index contributed by atoms with van der Waals surface area (Å²) in [6.45, 7) is 2.97. The molecule has 0 aliphatic heterocycles. The third-order valence-corrected chi connectivity index (χ3v) is 6.84. The third-order valence-electron chi connectivity index (χ3n) is 6.84. The Labute approximate surface area is 200 Å². The van der Waals surface area contributed by atoms with Crippen molar-refractivity contribution in [2.45, 2.75) is 96.2 Å². The van der Waals surface area contributed by atoms with Gasteiger partial charge in [-0.15, -0.1) is 0 Å². The van der Waals surface area contributed by atoms with Gasteiger partial charge >= 0.3 is 5.97 Å². The van der Waals surface area contributed by atoms with Crippen LogP contribution in [0.3, 0.4) is 0 Å². The first-order chi connectivity index (χ1) is 16.2.